The molecule has 1 aliphatic heterocycles. The van der Waals surface area contributed by atoms with Crippen molar-refractivity contribution in [3.05, 3.63) is 35.4 Å². The van der Waals surface area contributed by atoms with Crippen molar-refractivity contribution in [2.45, 2.75) is 25.8 Å². The molecule has 0 saturated carbocycles. The van der Waals surface area contributed by atoms with Crippen molar-refractivity contribution < 1.29 is 4.79 Å². The van der Waals surface area contributed by atoms with Gasteiger partial charge in [-0.1, -0.05) is 29.8 Å². The van der Waals surface area contributed by atoms with Gasteiger partial charge in [0.15, 0.2) is 0 Å². The lowest BCUT2D eigenvalue weighted by Gasteiger charge is -2.39. The van der Waals surface area contributed by atoms with E-state index in [4.69, 9.17) is 5.73 Å². The zero-order valence-corrected chi connectivity index (χ0v) is 12.5. The summed E-state index contributed by atoms with van der Waals surface area (Å²) >= 11 is 0. The van der Waals surface area contributed by atoms with Gasteiger partial charge in [-0.25, -0.2) is 0 Å². The lowest BCUT2D eigenvalue weighted by Crippen LogP contribution is -2.56. The number of piperazine rings is 1. The van der Waals surface area contributed by atoms with Crippen LogP contribution in [0.2, 0.25) is 0 Å². The minimum atomic E-state index is 0.166. The average Bonchev–Trinajstić information content (AvgIpc) is 2.46. The summed E-state index contributed by atoms with van der Waals surface area (Å²) in [6.07, 6.45) is 1.38. The van der Waals surface area contributed by atoms with Crippen LogP contribution in [-0.2, 0) is 11.2 Å². The number of nitrogens with two attached hydrogens (primary N) is 1. The number of carbonyl (C=O) groups is 1. The summed E-state index contributed by atoms with van der Waals surface area (Å²) in [5, 5.41) is 0. The Hall–Kier alpha value is -1.39. The minimum Gasteiger partial charge on any atom is -0.336 e. The largest absolute Gasteiger partial charge is 0.336 e. The third-order valence-corrected chi connectivity index (χ3v) is 4.03. The zero-order valence-electron chi connectivity index (χ0n) is 12.5. The van der Waals surface area contributed by atoms with Crippen molar-refractivity contribution >= 4 is 5.91 Å². The fourth-order valence-electron chi connectivity index (χ4n) is 2.69. The summed E-state index contributed by atoms with van der Waals surface area (Å²) < 4.78 is 0. The molecule has 1 fully saturated rings. The van der Waals surface area contributed by atoms with Gasteiger partial charge in [0.1, 0.15) is 0 Å². The Morgan fingerprint density at radius 1 is 1.30 bits per heavy atom. The number of amides is 1. The van der Waals surface area contributed by atoms with E-state index in [1.807, 2.05) is 4.90 Å². The smallest absolute Gasteiger partial charge is 0.223 e. The molecule has 4 heteroatoms. The predicted molar refractivity (Wildman–Crippen MR) is 81.6 cm³/mol. The van der Waals surface area contributed by atoms with Gasteiger partial charge in [-0.05, 0) is 26.0 Å². The maximum Gasteiger partial charge on any atom is 0.223 e. The van der Waals surface area contributed by atoms with E-state index < -0.39 is 0 Å². The molecule has 0 spiro atoms. The van der Waals surface area contributed by atoms with Gasteiger partial charge in [-0.15, -0.1) is 0 Å². The molecule has 0 aromatic heterocycles. The van der Waals surface area contributed by atoms with Crippen molar-refractivity contribution in [3.63, 3.8) is 0 Å². The van der Waals surface area contributed by atoms with Crippen molar-refractivity contribution in [3.8, 4) is 0 Å². The van der Waals surface area contributed by atoms with Crippen LogP contribution in [0.1, 0.15) is 17.5 Å². The highest BCUT2D eigenvalue weighted by atomic mass is 16.2. The first-order valence-electron chi connectivity index (χ1n) is 7.34. The van der Waals surface area contributed by atoms with Crippen LogP contribution in [0.15, 0.2) is 24.3 Å². The van der Waals surface area contributed by atoms with Gasteiger partial charge in [-0.3, -0.25) is 4.79 Å². The maximum absolute atomic E-state index is 12.4. The van der Waals surface area contributed by atoms with Crippen molar-refractivity contribution in [1.82, 2.24) is 9.80 Å². The summed E-state index contributed by atoms with van der Waals surface area (Å²) in [4.78, 5) is 16.6. The van der Waals surface area contributed by atoms with Gasteiger partial charge in [0.05, 0.1) is 6.04 Å². The molecule has 0 bridgehead atoms. The second-order valence-electron chi connectivity index (χ2n) is 5.72. The SMILES string of the molecule is Cc1ccc(CCC(=O)N2CCN(C)CC2CN)cc1. The van der Waals surface area contributed by atoms with Gasteiger partial charge in [0, 0.05) is 32.6 Å². The first-order chi connectivity index (χ1) is 9.60. The van der Waals surface area contributed by atoms with Crippen molar-refractivity contribution in [2.24, 2.45) is 5.73 Å². The van der Waals surface area contributed by atoms with Crippen molar-refractivity contribution in [1.29, 1.82) is 0 Å². The molecule has 4 nitrogen and oxygen atoms in total. The topological polar surface area (TPSA) is 49.6 Å². The van der Waals surface area contributed by atoms with Gasteiger partial charge < -0.3 is 15.5 Å². The Morgan fingerprint density at radius 3 is 2.65 bits per heavy atom. The number of benzene rings is 1. The first-order valence-corrected chi connectivity index (χ1v) is 7.34. The molecular weight excluding hydrogens is 250 g/mol. The molecular formula is C16H25N3O. The van der Waals surface area contributed by atoms with Crippen LogP contribution in [0.4, 0.5) is 0 Å². The number of nitrogens with zero attached hydrogens (tertiary/aromatic N) is 2. The van der Waals surface area contributed by atoms with Crippen LogP contribution in [0.25, 0.3) is 0 Å². The van der Waals surface area contributed by atoms with E-state index in [1.54, 1.807) is 0 Å². The van der Waals surface area contributed by atoms with Gasteiger partial charge in [-0.2, -0.15) is 0 Å². The van der Waals surface area contributed by atoms with Crippen LogP contribution < -0.4 is 5.73 Å². The molecule has 0 radical (unpaired) electrons. The zero-order chi connectivity index (χ0) is 14.5. The molecule has 1 aliphatic rings. The lowest BCUT2D eigenvalue weighted by molar-refractivity contribution is -0.135. The van der Waals surface area contributed by atoms with Crippen LogP contribution >= 0.6 is 0 Å². The fraction of sp³-hybridized carbons (Fsp3) is 0.562. The van der Waals surface area contributed by atoms with E-state index >= 15 is 0 Å². The summed E-state index contributed by atoms with van der Waals surface area (Å²) in [7, 11) is 2.08. The number of hydrogen-bond acceptors (Lipinski definition) is 3. The molecule has 2 N–H and O–H groups in total. The molecule has 1 aromatic rings. The van der Waals surface area contributed by atoms with Crippen LogP contribution in [0.3, 0.4) is 0 Å². The molecule has 1 heterocycles. The maximum atomic E-state index is 12.4. The number of hydrogen-bond donors (Lipinski definition) is 1. The molecule has 1 unspecified atom stereocenters. The predicted octanol–water partition coefficient (Wildman–Crippen LogP) is 1.03. The summed E-state index contributed by atoms with van der Waals surface area (Å²) in [6, 6.07) is 8.57. The Bertz CT molecular complexity index is 444. The molecule has 1 atom stereocenters. The summed E-state index contributed by atoms with van der Waals surface area (Å²) in [6.45, 7) is 5.23. The van der Waals surface area contributed by atoms with E-state index in [-0.39, 0.29) is 11.9 Å². The van der Waals surface area contributed by atoms with E-state index in [0.717, 1.165) is 26.1 Å². The van der Waals surface area contributed by atoms with E-state index in [9.17, 15) is 4.79 Å². The standard InChI is InChI=1S/C16H25N3O/c1-13-3-5-14(6-4-13)7-8-16(20)19-10-9-18(2)12-15(19)11-17/h3-6,15H,7-12,17H2,1-2H3. The molecule has 0 aliphatic carbocycles. The highest BCUT2D eigenvalue weighted by molar-refractivity contribution is 5.77. The van der Waals surface area contributed by atoms with Crippen LogP contribution in [-0.4, -0.2) is 55.0 Å². The Morgan fingerprint density at radius 2 is 2.00 bits per heavy atom. The third kappa shape index (κ3) is 3.81. The lowest BCUT2D eigenvalue weighted by atomic mass is 10.1. The Balaban J connectivity index is 1.89. The quantitative estimate of drug-likeness (QED) is 0.893. The normalized spacial score (nSPS) is 20.1. The second kappa shape index (κ2) is 6.86. The number of carbonyl (C=O) groups excluding carboxylic acids is 1. The Labute approximate surface area is 121 Å². The van der Waals surface area contributed by atoms with E-state index in [2.05, 4.69) is 43.1 Å². The molecule has 20 heavy (non-hydrogen) atoms. The number of likely N-dealkylation sites (N-methyl/N-ethyl adjacent to an activating group) is 1. The average molecular weight is 275 g/mol. The summed E-state index contributed by atoms with van der Waals surface area (Å²) in [5.41, 5.74) is 8.27. The Kier molecular flexibility index (Phi) is 5.15. The molecule has 1 amide bonds. The minimum absolute atomic E-state index is 0.166. The molecule has 110 valence electrons. The van der Waals surface area contributed by atoms with Crippen LogP contribution in [0, 0.1) is 6.92 Å². The third-order valence-electron chi connectivity index (χ3n) is 4.03. The number of rotatable bonds is 4. The number of aryl methyl sites for hydroxylation is 2. The highest BCUT2D eigenvalue weighted by Gasteiger charge is 2.27. The molecule has 2 rings (SSSR count). The molecule has 1 saturated heterocycles. The summed E-state index contributed by atoms with van der Waals surface area (Å²) in [5.74, 6) is 0.231. The second-order valence-corrected chi connectivity index (χ2v) is 5.72. The van der Waals surface area contributed by atoms with Crippen LogP contribution in [0.5, 0.6) is 0 Å². The fourth-order valence-corrected chi connectivity index (χ4v) is 2.69. The van der Waals surface area contributed by atoms with Gasteiger partial charge >= 0.3 is 0 Å². The highest BCUT2D eigenvalue weighted by Crippen LogP contribution is 2.12. The first kappa shape index (κ1) is 15.0. The van der Waals surface area contributed by atoms with E-state index in [0.29, 0.717) is 13.0 Å². The van der Waals surface area contributed by atoms with E-state index in [1.165, 1.54) is 11.1 Å². The van der Waals surface area contributed by atoms with Gasteiger partial charge in [0.25, 0.3) is 0 Å². The van der Waals surface area contributed by atoms with Gasteiger partial charge in [0.2, 0.25) is 5.91 Å². The van der Waals surface area contributed by atoms with Crippen molar-refractivity contribution in [2.75, 3.05) is 33.2 Å². The molecule has 1 aromatic carbocycles. The monoisotopic (exact) mass is 275 g/mol.